The molecule has 0 spiro atoms. The van der Waals surface area contributed by atoms with Gasteiger partial charge in [0.05, 0.1) is 34.4 Å². The fraction of sp³-hybridized carbons (Fsp3) is 0.421. The molecule has 0 unspecified atom stereocenters. The lowest BCUT2D eigenvalue weighted by Gasteiger charge is -2.29. The van der Waals surface area contributed by atoms with Gasteiger partial charge in [0.25, 0.3) is 5.91 Å². The zero-order valence-corrected chi connectivity index (χ0v) is 15.4. The summed E-state index contributed by atoms with van der Waals surface area (Å²) in [6.45, 7) is 2.58. The molecule has 2 aromatic rings. The Labute approximate surface area is 157 Å². The first kappa shape index (κ1) is 18.6. The maximum atomic E-state index is 13.1. The van der Waals surface area contributed by atoms with Gasteiger partial charge in [0.1, 0.15) is 5.82 Å². The molecule has 0 aromatic carbocycles. The van der Waals surface area contributed by atoms with Crippen molar-refractivity contribution in [2.75, 3.05) is 11.9 Å². The number of nitrogens with one attached hydrogen (secondary N) is 2. The van der Waals surface area contributed by atoms with Gasteiger partial charge >= 0.3 is 0 Å². The van der Waals surface area contributed by atoms with Crippen molar-refractivity contribution in [3.05, 3.63) is 52.8 Å². The molecule has 2 aromatic heterocycles. The van der Waals surface area contributed by atoms with E-state index < -0.39 is 0 Å². The average molecular weight is 377 g/mol. The van der Waals surface area contributed by atoms with Crippen molar-refractivity contribution >= 4 is 23.2 Å². The van der Waals surface area contributed by atoms with E-state index in [0.717, 1.165) is 32.2 Å². The predicted octanol–water partition coefficient (Wildman–Crippen LogP) is 3.98. The minimum atomic E-state index is -0.341. The SMILES string of the molecule is Cc1ncc(Cl)cc1C(=O)N[C@H]1CC[C@H](CNc2cncc(F)c2)CC1. The number of rotatable bonds is 5. The number of carbonyl (C=O) groups is 1. The number of hydrogen-bond acceptors (Lipinski definition) is 4. The number of halogens is 2. The minimum absolute atomic E-state index is 0.120. The smallest absolute Gasteiger partial charge is 0.253 e. The molecule has 5 nitrogen and oxygen atoms in total. The third-order valence-electron chi connectivity index (χ3n) is 4.78. The van der Waals surface area contributed by atoms with Gasteiger partial charge in [0, 0.05) is 24.8 Å². The molecule has 0 radical (unpaired) electrons. The summed E-state index contributed by atoms with van der Waals surface area (Å²) in [5.41, 5.74) is 1.90. The second kappa shape index (κ2) is 8.45. The van der Waals surface area contributed by atoms with E-state index in [9.17, 15) is 9.18 Å². The third kappa shape index (κ3) is 4.91. The lowest BCUT2D eigenvalue weighted by molar-refractivity contribution is 0.0921. The van der Waals surface area contributed by atoms with Crippen LogP contribution in [0.3, 0.4) is 0 Å². The average Bonchev–Trinajstić information content (AvgIpc) is 2.63. The second-order valence-electron chi connectivity index (χ2n) is 6.75. The van der Waals surface area contributed by atoms with Crippen LogP contribution < -0.4 is 10.6 Å². The summed E-state index contributed by atoms with van der Waals surface area (Å²) in [5, 5.41) is 6.79. The van der Waals surface area contributed by atoms with Crippen LogP contribution in [0.2, 0.25) is 5.02 Å². The summed E-state index contributed by atoms with van der Waals surface area (Å²) in [6.07, 6.45) is 8.21. The van der Waals surface area contributed by atoms with E-state index in [4.69, 9.17) is 11.6 Å². The van der Waals surface area contributed by atoms with Gasteiger partial charge in [-0.3, -0.25) is 14.8 Å². The van der Waals surface area contributed by atoms with Gasteiger partial charge < -0.3 is 10.6 Å². The van der Waals surface area contributed by atoms with Gasteiger partial charge in [0.15, 0.2) is 0 Å². The van der Waals surface area contributed by atoms with Crippen molar-refractivity contribution in [3.63, 3.8) is 0 Å². The quantitative estimate of drug-likeness (QED) is 0.828. The lowest BCUT2D eigenvalue weighted by atomic mass is 9.86. The topological polar surface area (TPSA) is 66.9 Å². The Kier molecular flexibility index (Phi) is 6.04. The van der Waals surface area contributed by atoms with E-state index >= 15 is 0 Å². The standard InChI is InChI=1S/C19H22ClFN4O/c1-12-18(6-14(20)9-23-12)19(26)25-16-4-2-13(3-5-16)8-24-17-7-15(21)10-22-11-17/h6-7,9-11,13,16,24H,2-5,8H2,1H3,(H,25,26)/t13-,16-. The van der Waals surface area contributed by atoms with Crippen LogP contribution in [0.25, 0.3) is 0 Å². The van der Waals surface area contributed by atoms with Crippen LogP contribution in [-0.4, -0.2) is 28.5 Å². The highest BCUT2D eigenvalue weighted by Crippen LogP contribution is 2.25. The summed E-state index contributed by atoms with van der Waals surface area (Å²) >= 11 is 5.94. The second-order valence-corrected chi connectivity index (χ2v) is 7.19. The molecule has 7 heteroatoms. The summed E-state index contributed by atoms with van der Waals surface area (Å²) in [6, 6.07) is 3.26. The zero-order chi connectivity index (χ0) is 18.5. The number of anilines is 1. The van der Waals surface area contributed by atoms with E-state index in [-0.39, 0.29) is 17.8 Å². The molecule has 1 aliphatic carbocycles. The molecule has 1 aliphatic rings. The molecule has 3 rings (SSSR count). The molecular weight excluding hydrogens is 355 g/mol. The predicted molar refractivity (Wildman–Crippen MR) is 99.9 cm³/mol. The van der Waals surface area contributed by atoms with Crippen molar-refractivity contribution in [1.82, 2.24) is 15.3 Å². The van der Waals surface area contributed by atoms with Crippen molar-refractivity contribution in [2.24, 2.45) is 5.92 Å². The molecular formula is C19H22ClFN4O. The van der Waals surface area contributed by atoms with E-state index in [1.165, 1.54) is 12.3 Å². The zero-order valence-electron chi connectivity index (χ0n) is 14.6. The Bertz CT molecular complexity index is 778. The van der Waals surface area contributed by atoms with Gasteiger partial charge in [-0.15, -0.1) is 0 Å². The highest BCUT2D eigenvalue weighted by Gasteiger charge is 2.23. The van der Waals surface area contributed by atoms with Crippen LogP contribution in [0.15, 0.2) is 30.7 Å². The van der Waals surface area contributed by atoms with Gasteiger partial charge in [-0.25, -0.2) is 4.39 Å². The van der Waals surface area contributed by atoms with Crippen molar-refractivity contribution in [2.45, 2.75) is 38.6 Å². The largest absolute Gasteiger partial charge is 0.383 e. The minimum Gasteiger partial charge on any atom is -0.383 e. The van der Waals surface area contributed by atoms with E-state index in [2.05, 4.69) is 20.6 Å². The molecule has 1 saturated carbocycles. The molecule has 0 aliphatic heterocycles. The lowest BCUT2D eigenvalue weighted by Crippen LogP contribution is -2.38. The van der Waals surface area contributed by atoms with Gasteiger partial charge in [-0.1, -0.05) is 11.6 Å². The molecule has 2 N–H and O–H groups in total. The highest BCUT2D eigenvalue weighted by molar-refractivity contribution is 6.30. The Balaban J connectivity index is 1.46. The molecule has 0 atom stereocenters. The monoisotopic (exact) mass is 376 g/mol. The molecule has 138 valence electrons. The van der Waals surface area contributed by atoms with Gasteiger partial charge in [0.2, 0.25) is 0 Å². The first-order valence-electron chi connectivity index (χ1n) is 8.78. The maximum Gasteiger partial charge on any atom is 0.253 e. The number of amides is 1. The maximum absolute atomic E-state index is 13.1. The van der Waals surface area contributed by atoms with Crippen LogP contribution in [0.1, 0.15) is 41.7 Å². The number of hydrogen-bond donors (Lipinski definition) is 2. The van der Waals surface area contributed by atoms with Crippen LogP contribution in [0.4, 0.5) is 10.1 Å². The summed E-state index contributed by atoms with van der Waals surface area (Å²) in [7, 11) is 0. The number of nitrogens with zero attached hydrogens (tertiary/aromatic N) is 2. The van der Waals surface area contributed by atoms with Crippen molar-refractivity contribution in [3.8, 4) is 0 Å². The number of pyridine rings is 2. The van der Waals surface area contributed by atoms with Crippen LogP contribution in [0, 0.1) is 18.7 Å². The first-order chi connectivity index (χ1) is 12.5. The van der Waals surface area contributed by atoms with Crippen LogP contribution in [0.5, 0.6) is 0 Å². The Hall–Kier alpha value is -2.21. The Morgan fingerprint density at radius 1 is 1.23 bits per heavy atom. The van der Waals surface area contributed by atoms with E-state index in [0.29, 0.717) is 27.9 Å². The van der Waals surface area contributed by atoms with Crippen molar-refractivity contribution < 1.29 is 9.18 Å². The number of aromatic nitrogens is 2. The summed E-state index contributed by atoms with van der Waals surface area (Å²) < 4.78 is 13.1. The Morgan fingerprint density at radius 2 is 2.00 bits per heavy atom. The molecule has 0 saturated heterocycles. The van der Waals surface area contributed by atoms with Crippen LogP contribution >= 0.6 is 11.6 Å². The summed E-state index contributed by atoms with van der Waals surface area (Å²) in [4.78, 5) is 20.4. The van der Waals surface area contributed by atoms with E-state index in [1.54, 1.807) is 25.4 Å². The third-order valence-corrected chi connectivity index (χ3v) is 4.99. The molecule has 1 amide bonds. The number of aryl methyl sites for hydroxylation is 1. The molecule has 2 heterocycles. The summed E-state index contributed by atoms with van der Waals surface area (Å²) in [5.74, 6) is 0.0399. The first-order valence-corrected chi connectivity index (χ1v) is 9.16. The molecule has 0 bridgehead atoms. The highest BCUT2D eigenvalue weighted by atomic mass is 35.5. The number of carbonyl (C=O) groups excluding carboxylic acids is 1. The molecule has 1 fully saturated rings. The van der Waals surface area contributed by atoms with Crippen LogP contribution in [-0.2, 0) is 0 Å². The normalized spacial score (nSPS) is 19.8. The Morgan fingerprint density at radius 3 is 2.73 bits per heavy atom. The van der Waals surface area contributed by atoms with E-state index in [1.807, 2.05) is 0 Å². The molecule has 26 heavy (non-hydrogen) atoms. The fourth-order valence-corrected chi connectivity index (χ4v) is 3.44. The van der Waals surface area contributed by atoms with Crippen molar-refractivity contribution in [1.29, 1.82) is 0 Å². The van der Waals surface area contributed by atoms with Gasteiger partial charge in [-0.05, 0) is 44.6 Å². The fourth-order valence-electron chi connectivity index (χ4n) is 3.28. The van der Waals surface area contributed by atoms with Gasteiger partial charge in [-0.2, -0.15) is 0 Å².